The van der Waals surface area contributed by atoms with Crippen LogP contribution in [0.5, 0.6) is 0 Å². The van der Waals surface area contributed by atoms with Crippen LogP contribution in [0.2, 0.25) is 0 Å². The van der Waals surface area contributed by atoms with Gasteiger partial charge in [0.2, 0.25) is 11.6 Å². The van der Waals surface area contributed by atoms with Gasteiger partial charge in [0.25, 0.3) is 5.91 Å². The van der Waals surface area contributed by atoms with Crippen LogP contribution in [-0.4, -0.2) is 33.9 Å². The van der Waals surface area contributed by atoms with Gasteiger partial charge in [-0.3, -0.25) is 25.8 Å². The van der Waals surface area contributed by atoms with Gasteiger partial charge in [0.15, 0.2) is 0 Å². The maximum Gasteiger partial charge on any atom is 0.355 e. The van der Waals surface area contributed by atoms with Crippen LogP contribution in [0, 0.1) is 17.0 Å². The molecule has 0 atom stereocenters. The molecule has 1 aromatic carbocycles. The number of benzene rings is 1. The van der Waals surface area contributed by atoms with Crippen molar-refractivity contribution in [3.63, 3.8) is 0 Å². The molecule has 1 aliphatic heterocycles. The van der Waals surface area contributed by atoms with Crippen molar-refractivity contribution in [2.75, 3.05) is 23.4 Å². The normalized spacial score (nSPS) is 14.0. The Labute approximate surface area is 150 Å². The third-order valence-corrected chi connectivity index (χ3v) is 4.33. The van der Waals surface area contributed by atoms with Crippen LogP contribution in [0.25, 0.3) is 0 Å². The number of nitrogens with zero attached hydrogens (tertiary/aromatic N) is 4. The third-order valence-electron chi connectivity index (χ3n) is 4.33. The van der Waals surface area contributed by atoms with Crippen molar-refractivity contribution in [2.24, 2.45) is 0 Å². The van der Waals surface area contributed by atoms with Crippen LogP contribution in [0.15, 0.2) is 30.6 Å². The molecule has 2 aromatic rings. The molecule has 0 bridgehead atoms. The summed E-state index contributed by atoms with van der Waals surface area (Å²) in [6, 6.07) is 7.08. The van der Waals surface area contributed by atoms with Crippen molar-refractivity contribution < 1.29 is 9.72 Å². The number of carbonyl (C=O) groups is 1. The smallest absolute Gasteiger partial charge is 0.351 e. The number of rotatable bonds is 5. The van der Waals surface area contributed by atoms with Crippen LogP contribution in [0.4, 0.5) is 17.3 Å². The molecule has 1 aromatic heterocycles. The van der Waals surface area contributed by atoms with Crippen molar-refractivity contribution in [2.45, 2.75) is 26.2 Å². The largest absolute Gasteiger partial charge is 0.355 e. The monoisotopic (exact) mass is 356 g/mol. The van der Waals surface area contributed by atoms with Crippen molar-refractivity contribution >= 4 is 23.2 Å². The van der Waals surface area contributed by atoms with Crippen LogP contribution >= 0.6 is 0 Å². The van der Waals surface area contributed by atoms with Crippen molar-refractivity contribution in [3.8, 4) is 0 Å². The molecular formula is C17H20N6O3. The Morgan fingerprint density at radius 1 is 1.19 bits per heavy atom. The van der Waals surface area contributed by atoms with E-state index in [0.717, 1.165) is 24.8 Å². The molecule has 1 fully saturated rings. The lowest BCUT2D eigenvalue weighted by molar-refractivity contribution is -0.383. The van der Waals surface area contributed by atoms with Gasteiger partial charge >= 0.3 is 5.69 Å². The average molecular weight is 356 g/mol. The van der Waals surface area contributed by atoms with E-state index in [1.807, 2.05) is 24.0 Å². The maximum atomic E-state index is 12.3. The molecule has 9 heteroatoms. The maximum absolute atomic E-state index is 12.3. The van der Waals surface area contributed by atoms with E-state index in [0.29, 0.717) is 18.7 Å². The second-order valence-corrected chi connectivity index (χ2v) is 6.09. The highest BCUT2D eigenvalue weighted by atomic mass is 16.6. The lowest BCUT2D eigenvalue weighted by atomic mass is 10.1. The molecule has 0 saturated carbocycles. The molecule has 2 N–H and O–H groups in total. The quantitative estimate of drug-likeness (QED) is 0.625. The molecule has 3 rings (SSSR count). The SMILES string of the molecule is Cc1ccccc1C(=O)NNc1ncnc(N2CCCCC2)c1[N+](=O)[O-]. The number of nitro groups is 1. The first kappa shape index (κ1) is 17.6. The lowest BCUT2D eigenvalue weighted by Crippen LogP contribution is -2.33. The van der Waals surface area contributed by atoms with Gasteiger partial charge < -0.3 is 4.90 Å². The van der Waals surface area contributed by atoms with Gasteiger partial charge in [-0.05, 0) is 37.8 Å². The number of hydrogen-bond donors (Lipinski definition) is 2. The predicted octanol–water partition coefficient (Wildman–Crippen LogP) is 2.44. The number of anilines is 2. The Bertz CT molecular complexity index is 820. The fourth-order valence-corrected chi connectivity index (χ4v) is 2.98. The highest BCUT2D eigenvalue weighted by Crippen LogP contribution is 2.32. The van der Waals surface area contributed by atoms with Crippen LogP contribution in [0.1, 0.15) is 35.2 Å². The fourth-order valence-electron chi connectivity index (χ4n) is 2.98. The minimum atomic E-state index is -0.522. The topological polar surface area (TPSA) is 113 Å². The molecule has 0 radical (unpaired) electrons. The van der Waals surface area contributed by atoms with E-state index in [2.05, 4.69) is 20.8 Å². The van der Waals surface area contributed by atoms with Gasteiger partial charge in [0.05, 0.1) is 4.92 Å². The van der Waals surface area contributed by atoms with E-state index in [9.17, 15) is 14.9 Å². The van der Waals surface area contributed by atoms with Crippen LogP contribution < -0.4 is 15.8 Å². The minimum absolute atomic E-state index is 0.0347. The zero-order valence-electron chi connectivity index (χ0n) is 14.4. The molecule has 0 unspecified atom stereocenters. The van der Waals surface area contributed by atoms with Crippen molar-refractivity contribution in [1.29, 1.82) is 0 Å². The first-order valence-electron chi connectivity index (χ1n) is 8.44. The number of aromatic nitrogens is 2. The molecule has 26 heavy (non-hydrogen) atoms. The summed E-state index contributed by atoms with van der Waals surface area (Å²) in [6.45, 7) is 3.25. The summed E-state index contributed by atoms with van der Waals surface area (Å²) in [7, 11) is 0. The van der Waals surface area contributed by atoms with Crippen LogP contribution in [-0.2, 0) is 0 Å². The van der Waals surface area contributed by atoms with Gasteiger partial charge in [-0.25, -0.2) is 9.97 Å². The molecule has 2 heterocycles. The number of aryl methyl sites for hydroxylation is 1. The van der Waals surface area contributed by atoms with Crippen LogP contribution in [0.3, 0.4) is 0 Å². The summed E-state index contributed by atoms with van der Waals surface area (Å²) >= 11 is 0. The van der Waals surface area contributed by atoms with E-state index in [1.165, 1.54) is 6.33 Å². The minimum Gasteiger partial charge on any atom is -0.351 e. The zero-order valence-corrected chi connectivity index (χ0v) is 14.4. The van der Waals surface area contributed by atoms with Crippen molar-refractivity contribution in [3.05, 3.63) is 51.8 Å². The number of carbonyl (C=O) groups excluding carboxylic acids is 1. The Kier molecular flexibility index (Phi) is 5.26. The van der Waals surface area contributed by atoms with E-state index >= 15 is 0 Å². The number of hydrazine groups is 1. The summed E-state index contributed by atoms with van der Waals surface area (Å²) in [5.74, 6) is -0.152. The summed E-state index contributed by atoms with van der Waals surface area (Å²) in [6.07, 6.45) is 4.30. The third kappa shape index (κ3) is 3.71. The fraction of sp³-hybridized carbons (Fsp3) is 0.353. The number of hydrogen-bond acceptors (Lipinski definition) is 7. The second-order valence-electron chi connectivity index (χ2n) is 6.09. The summed E-state index contributed by atoms with van der Waals surface area (Å²) < 4.78 is 0. The predicted molar refractivity (Wildman–Crippen MR) is 97.0 cm³/mol. The summed E-state index contributed by atoms with van der Waals surface area (Å²) in [5.41, 5.74) is 6.11. The Balaban J connectivity index is 1.82. The van der Waals surface area contributed by atoms with Gasteiger partial charge in [-0.15, -0.1) is 0 Å². The molecule has 0 aliphatic carbocycles. The molecule has 0 spiro atoms. The Hall–Kier alpha value is -3.23. The average Bonchev–Trinajstić information content (AvgIpc) is 2.66. The Morgan fingerprint density at radius 2 is 1.92 bits per heavy atom. The van der Waals surface area contributed by atoms with Crippen molar-refractivity contribution in [1.82, 2.24) is 15.4 Å². The Morgan fingerprint density at radius 3 is 2.62 bits per heavy atom. The van der Waals surface area contributed by atoms with E-state index < -0.39 is 10.8 Å². The van der Waals surface area contributed by atoms with E-state index in [-0.39, 0.29) is 17.3 Å². The standard InChI is InChI=1S/C17H20N6O3/c1-12-7-3-4-8-13(12)17(24)21-20-15-14(23(25)26)16(19-11-18-15)22-9-5-2-6-10-22/h3-4,7-8,11H,2,5-6,9-10H2,1H3,(H,21,24)(H,18,19,20). The summed E-state index contributed by atoms with van der Waals surface area (Å²) in [5, 5.41) is 11.6. The number of piperidine rings is 1. The molecule has 136 valence electrons. The highest BCUT2D eigenvalue weighted by Gasteiger charge is 2.28. The zero-order chi connectivity index (χ0) is 18.5. The number of amides is 1. The van der Waals surface area contributed by atoms with E-state index in [1.54, 1.807) is 12.1 Å². The molecule has 9 nitrogen and oxygen atoms in total. The molecule has 1 saturated heterocycles. The second kappa shape index (κ2) is 7.77. The number of nitrogens with one attached hydrogen (secondary N) is 2. The highest BCUT2D eigenvalue weighted by molar-refractivity contribution is 5.96. The van der Waals surface area contributed by atoms with Gasteiger partial charge in [-0.1, -0.05) is 18.2 Å². The van der Waals surface area contributed by atoms with Gasteiger partial charge in [-0.2, -0.15) is 0 Å². The van der Waals surface area contributed by atoms with E-state index in [4.69, 9.17) is 0 Å². The van der Waals surface area contributed by atoms with Gasteiger partial charge in [0, 0.05) is 18.7 Å². The molecule has 1 aliphatic rings. The summed E-state index contributed by atoms with van der Waals surface area (Å²) in [4.78, 5) is 33.3. The first-order valence-corrected chi connectivity index (χ1v) is 8.44. The molecular weight excluding hydrogens is 336 g/mol. The first-order chi connectivity index (χ1) is 12.6. The lowest BCUT2D eigenvalue weighted by Gasteiger charge is -2.27. The molecule has 1 amide bonds. The van der Waals surface area contributed by atoms with Gasteiger partial charge in [0.1, 0.15) is 6.33 Å².